The number of nitrogens with zero attached hydrogens (tertiary/aromatic N) is 2. The average Bonchev–Trinajstić information content (AvgIpc) is 2.74. The van der Waals surface area contributed by atoms with Crippen molar-refractivity contribution in [3.63, 3.8) is 0 Å². The zero-order chi connectivity index (χ0) is 14.4. The molecule has 3 N–H and O–H groups in total. The van der Waals surface area contributed by atoms with Gasteiger partial charge in [0, 0.05) is 5.56 Å². The molecule has 0 unspecified atom stereocenters. The maximum Gasteiger partial charge on any atom is 0.335 e. The number of hydrogen-bond donors (Lipinski definition) is 2. The van der Waals surface area contributed by atoms with Gasteiger partial charge >= 0.3 is 5.97 Å². The van der Waals surface area contributed by atoms with Gasteiger partial charge in [0.1, 0.15) is 11.4 Å². The summed E-state index contributed by atoms with van der Waals surface area (Å²) in [7, 11) is 0. The van der Waals surface area contributed by atoms with Crippen LogP contribution in [0.15, 0.2) is 34.5 Å². The largest absolute Gasteiger partial charge is 0.478 e. The van der Waals surface area contributed by atoms with Gasteiger partial charge in [-0.1, -0.05) is 12.1 Å². The van der Waals surface area contributed by atoms with Crippen molar-refractivity contribution < 1.29 is 9.90 Å². The Bertz CT molecular complexity index is 762. The highest BCUT2D eigenvalue weighted by molar-refractivity contribution is 5.96. The number of azo groups is 1. The number of carboxylic acid groups (broad SMARTS) is 1. The molecule has 1 heterocycles. The van der Waals surface area contributed by atoms with E-state index in [1.54, 1.807) is 24.3 Å². The molecule has 1 aliphatic heterocycles. The Morgan fingerprint density at radius 3 is 2.25 bits per heavy atom. The Morgan fingerprint density at radius 2 is 1.65 bits per heavy atom. The number of rotatable bonds is 2. The minimum Gasteiger partial charge on any atom is -0.478 e. The molecule has 0 spiro atoms. The van der Waals surface area contributed by atoms with E-state index in [0.29, 0.717) is 11.4 Å². The monoisotopic (exact) mass is 267 g/mol. The summed E-state index contributed by atoms with van der Waals surface area (Å²) in [5, 5.41) is 17.2. The second kappa shape index (κ2) is 4.16. The maximum atomic E-state index is 10.9. The van der Waals surface area contributed by atoms with Crippen LogP contribution in [0.2, 0.25) is 0 Å². The lowest BCUT2D eigenvalue weighted by atomic mass is 9.93. The molecule has 0 atom stereocenters. The normalized spacial score (nSPS) is 11.9. The SMILES string of the molecule is Cc1c(C)c(-c2ccc(C(=O)O)cc2)c2c(N)c1N=N2. The van der Waals surface area contributed by atoms with Gasteiger partial charge in [0.25, 0.3) is 0 Å². The molecule has 2 bridgehead atoms. The standard InChI is InChI=1S/C15H13N3O2/c1-7-8(2)13-12(16)14(18-17-13)11(7)9-3-5-10(6-4-9)15(19)20/h3-6H,16H2,1-2H3,(H,19,20). The predicted octanol–water partition coefficient (Wildman–Crippen LogP) is 3.98. The van der Waals surface area contributed by atoms with E-state index in [1.165, 1.54) is 0 Å². The quantitative estimate of drug-likeness (QED) is 0.688. The molecule has 5 heteroatoms. The zero-order valence-corrected chi connectivity index (χ0v) is 11.1. The highest BCUT2D eigenvalue weighted by Gasteiger charge is 2.23. The van der Waals surface area contributed by atoms with E-state index in [1.807, 2.05) is 13.8 Å². The summed E-state index contributed by atoms with van der Waals surface area (Å²) in [6, 6.07) is 6.70. The molecule has 0 aromatic heterocycles. The van der Waals surface area contributed by atoms with Gasteiger partial charge in [-0.05, 0) is 42.7 Å². The van der Waals surface area contributed by atoms with Crippen molar-refractivity contribution in [1.82, 2.24) is 0 Å². The molecule has 0 aliphatic carbocycles. The molecule has 0 saturated carbocycles. The summed E-state index contributed by atoms with van der Waals surface area (Å²) in [6.45, 7) is 3.96. The third-order valence-corrected chi connectivity index (χ3v) is 3.71. The highest BCUT2D eigenvalue weighted by Crippen LogP contribution is 2.50. The fraction of sp³-hybridized carbons (Fsp3) is 0.133. The minimum absolute atomic E-state index is 0.255. The molecular weight excluding hydrogens is 254 g/mol. The first-order valence-electron chi connectivity index (χ1n) is 6.18. The Balaban J connectivity index is 2.22. The molecule has 2 aromatic carbocycles. The number of carboxylic acids is 1. The molecule has 0 fully saturated rings. The zero-order valence-electron chi connectivity index (χ0n) is 11.1. The summed E-state index contributed by atoms with van der Waals surface area (Å²) in [5.74, 6) is -0.941. The number of carbonyl (C=O) groups is 1. The van der Waals surface area contributed by atoms with E-state index in [2.05, 4.69) is 10.2 Å². The van der Waals surface area contributed by atoms with Crippen LogP contribution in [0.1, 0.15) is 21.5 Å². The maximum absolute atomic E-state index is 10.9. The van der Waals surface area contributed by atoms with Crippen molar-refractivity contribution in [3.8, 4) is 11.1 Å². The van der Waals surface area contributed by atoms with E-state index in [9.17, 15) is 4.79 Å². The molecule has 0 radical (unpaired) electrons. The van der Waals surface area contributed by atoms with Gasteiger partial charge in [0.05, 0.1) is 11.3 Å². The fourth-order valence-electron chi connectivity index (χ4n) is 2.46. The van der Waals surface area contributed by atoms with Crippen LogP contribution in [-0.2, 0) is 0 Å². The second-order valence-corrected chi connectivity index (χ2v) is 4.82. The van der Waals surface area contributed by atoms with Gasteiger partial charge in [-0.2, -0.15) is 0 Å². The lowest BCUT2D eigenvalue weighted by Gasteiger charge is -2.12. The van der Waals surface area contributed by atoms with Crippen molar-refractivity contribution in [2.45, 2.75) is 13.8 Å². The van der Waals surface area contributed by atoms with Crippen LogP contribution in [0.3, 0.4) is 0 Å². The lowest BCUT2D eigenvalue weighted by Crippen LogP contribution is -1.96. The number of hydrogen-bond acceptors (Lipinski definition) is 4. The third kappa shape index (κ3) is 1.60. The Kier molecular flexibility index (Phi) is 2.57. The number of anilines is 1. The van der Waals surface area contributed by atoms with Gasteiger partial charge in [-0.25, -0.2) is 4.79 Å². The van der Waals surface area contributed by atoms with E-state index in [4.69, 9.17) is 10.8 Å². The van der Waals surface area contributed by atoms with Crippen LogP contribution in [-0.4, -0.2) is 11.1 Å². The number of fused-ring (bicyclic) bond motifs is 2. The topological polar surface area (TPSA) is 88.0 Å². The van der Waals surface area contributed by atoms with Crippen molar-refractivity contribution >= 4 is 23.0 Å². The summed E-state index contributed by atoms with van der Waals surface area (Å²) in [4.78, 5) is 10.9. The van der Waals surface area contributed by atoms with Gasteiger partial charge in [-0.3, -0.25) is 0 Å². The number of nitrogens with two attached hydrogens (primary N) is 1. The van der Waals surface area contributed by atoms with E-state index >= 15 is 0 Å². The fourth-order valence-corrected chi connectivity index (χ4v) is 2.46. The number of benzene rings is 2. The van der Waals surface area contributed by atoms with Crippen LogP contribution in [0.25, 0.3) is 11.1 Å². The van der Waals surface area contributed by atoms with Crippen LogP contribution >= 0.6 is 0 Å². The van der Waals surface area contributed by atoms with Crippen LogP contribution in [0.4, 0.5) is 17.1 Å². The van der Waals surface area contributed by atoms with Crippen LogP contribution in [0, 0.1) is 13.8 Å². The number of nitrogen functional groups attached to an aromatic ring is 1. The smallest absolute Gasteiger partial charge is 0.335 e. The van der Waals surface area contributed by atoms with E-state index < -0.39 is 5.97 Å². The molecular formula is C15H13N3O2. The van der Waals surface area contributed by atoms with E-state index in [-0.39, 0.29) is 5.56 Å². The van der Waals surface area contributed by atoms with Gasteiger partial charge in [0.2, 0.25) is 0 Å². The van der Waals surface area contributed by atoms with Gasteiger partial charge < -0.3 is 10.8 Å². The Hall–Kier alpha value is -2.69. The summed E-state index contributed by atoms with van der Waals surface area (Å²) in [5.41, 5.74) is 12.2. The molecule has 20 heavy (non-hydrogen) atoms. The lowest BCUT2D eigenvalue weighted by molar-refractivity contribution is 0.0697. The van der Waals surface area contributed by atoms with Crippen LogP contribution < -0.4 is 5.73 Å². The summed E-state index contributed by atoms with van der Waals surface area (Å²) < 4.78 is 0. The first-order valence-corrected chi connectivity index (χ1v) is 6.18. The molecule has 100 valence electrons. The molecule has 0 amide bonds. The minimum atomic E-state index is -0.941. The third-order valence-electron chi connectivity index (χ3n) is 3.71. The first kappa shape index (κ1) is 12.3. The average molecular weight is 267 g/mol. The summed E-state index contributed by atoms with van der Waals surface area (Å²) >= 11 is 0. The molecule has 0 saturated heterocycles. The Morgan fingerprint density at radius 1 is 1.05 bits per heavy atom. The molecule has 1 aliphatic rings. The Labute approximate surface area is 115 Å². The van der Waals surface area contributed by atoms with E-state index in [0.717, 1.165) is 27.9 Å². The molecule has 3 rings (SSSR count). The van der Waals surface area contributed by atoms with Gasteiger partial charge in [-0.15, -0.1) is 10.2 Å². The molecule has 2 aromatic rings. The number of aromatic carboxylic acids is 1. The van der Waals surface area contributed by atoms with Gasteiger partial charge in [0.15, 0.2) is 0 Å². The molecule has 5 nitrogen and oxygen atoms in total. The second-order valence-electron chi connectivity index (χ2n) is 4.82. The van der Waals surface area contributed by atoms with Crippen molar-refractivity contribution in [2.24, 2.45) is 10.2 Å². The van der Waals surface area contributed by atoms with Crippen molar-refractivity contribution in [2.75, 3.05) is 5.73 Å². The first-order chi connectivity index (χ1) is 9.50. The van der Waals surface area contributed by atoms with Crippen molar-refractivity contribution in [1.29, 1.82) is 0 Å². The van der Waals surface area contributed by atoms with Crippen LogP contribution in [0.5, 0.6) is 0 Å². The van der Waals surface area contributed by atoms with Crippen molar-refractivity contribution in [3.05, 3.63) is 41.0 Å². The predicted molar refractivity (Wildman–Crippen MR) is 76.9 cm³/mol. The summed E-state index contributed by atoms with van der Waals surface area (Å²) in [6.07, 6.45) is 0. The highest BCUT2D eigenvalue weighted by atomic mass is 16.4.